The standard InChI is InChI=1S/C33H36N2O6S/c1-21-18-27-28(19-22(21)2)41-31(23-8-10-24(11-9-23)33(3,4)5)32(30(27)37)40-20-29(36)34-25-12-14-26(15-13-25)42(38,39)35-16-6-7-17-35/h8-15,18-19H,6-7,16-17,20H2,1-5H3,(H,34,36). The smallest absolute Gasteiger partial charge is 0.262 e. The zero-order chi connectivity index (χ0) is 30.2. The maximum absolute atomic E-state index is 13.6. The van der Waals surface area contributed by atoms with Gasteiger partial charge in [0.05, 0.1) is 10.3 Å². The zero-order valence-corrected chi connectivity index (χ0v) is 25.4. The number of sulfonamides is 1. The monoisotopic (exact) mass is 588 g/mol. The number of ether oxygens (including phenoxy) is 1. The number of nitrogens with zero attached hydrogens (tertiary/aromatic N) is 1. The number of amides is 1. The third-order valence-electron chi connectivity index (χ3n) is 7.67. The predicted octanol–water partition coefficient (Wildman–Crippen LogP) is 6.18. The minimum absolute atomic E-state index is 0.0449. The molecule has 0 bridgehead atoms. The van der Waals surface area contributed by atoms with Crippen LogP contribution in [0.4, 0.5) is 5.69 Å². The van der Waals surface area contributed by atoms with Gasteiger partial charge in [0, 0.05) is 24.3 Å². The molecule has 2 heterocycles. The molecule has 8 nitrogen and oxygen atoms in total. The Bertz CT molecular complexity index is 1800. The van der Waals surface area contributed by atoms with Crippen LogP contribution in [0.25, 0.3) is 22.3 Å². The molecule has 3 aromatic carbocycles. The summed E-state index contributed by atoms with van der Waals surface area (Å²) in [5.74, 6) is -0.296. The van der Waals surface area contributed by atoms with Gasteiger partial charge in [-0.1, -0.05) is 45.0 Å². The lowest BCUT2D eigenvalue weighted by molar-refractivity contribution is -0.118. The van der Waals surface area contributed by atoms with Gasteiger partial charge in [0.1, 0.15) is 5.58 Å². The molecule has 1 aliphatic rings. The summed E-state index contributed by atoms with van der Waals surface area (Å²) in [5, 5.41) is 3.09. The van der Waals surface area contributed by atoms with Crippen molar-refractivity contribution in [1.82, 2.24) is 4.31 Å². The van der Waals surface area contributed by atoms with Crippen molar-refractivity contribution in [2.45, 2.75) is 57.8 Å². The van der Waals surface area contributed by atoms with E-state index in [2.05, 4.69) is 26.1 Å². The quantitative estimate of drug-likeness (QED) is 0.277. The molecular weight excluding hydrogens is 552 g/mol. The Morgan fingerprint density at radius 3 is 2.19 bits per heavy atom. The van der Waals surface area contributed by atoms with Crippen molar-refractivity contribution in [2.75, 3.05) is 25.0 Å². The SMILES string of the molecule is Cc1cc2oc(-c3ccc(C(C)(C)C)cc3)c(OCC(=O)Nc3ccc(S(=O)(=O)N4CCCC4)cc3)c(=O)c2cc1C. The number of rotatable bonds is 7. The highest BCUT2D eigenvalue weighted by atomic mass is 32.2. The first-order valence-corrected chi connectivity index (χ1v) is 15.5. The van der Waals surface area contributed by atoms with Crippen LogP contribution < -0.4 is 15.5 Å². The van der Waals surface area contributed by atoms with Gasteiger partial charge < -0.3 is 14.5 Å². The Balaban J connectivity index is 1.40. The molecule has 42 heavy (non-hydrogen) atoms. The van der Waals surface area contributed by atoms with Crippen LogP contribution in [0.1, 0.15) is 50.3 Å². The summed E-state index contributed by atoms with van der Waals surface area (Å²) in [7, 11) is -3.55. The van der Waals surface area contributed by atoms with E-state index in [1.807, 2.05) is 44.2 Å². The lowest BCUT2D eigenvalue weighted by Gasteiger charge is -2.19. The summed E-state index contributed by atoms with van der Waals surface area (Å²) in [6.07, 6.45) is 1.71. The minimum atomic E-state index is -3.55. The fourth-order valence-electron chi connectivity index (χ4n) is 5.00. The summed E-state index contributed by atoms with van der Waals surface area (Å²) >= 11 is 0. The average molecular weight is 589 g/mol. The van der Waals surface area contributed by atoms with Gasteiger partial charge in [-0.3, -0.25) is 9.59 Å². The van der Waals surface area contributed by atoms with Crippen LogP contribution in [0.5, 0.6) is 5.75 Å². The molecule has 1 saturated heterocycles. The molecule has 1 amide bonds. The summed E-state index contributed by atoms with van der Waals surface area (Å²) in [6.45, 7) is 10.8. The van der Waals surface area contributed by atoms with Gasteiger partial charge in [-0.2, -0.15) is 4.31 Å². The first-order chi connectivity index (χ1) is 19.8. The second-order valence-electron chi connectivity index (χ2n) is 11.8. The van der Waals surface area contributed by atoms with E-state index in [-0.39, 0.29) is 27.2 Å². The molecule has 220 valence electrons. The second kappa shape index (κ2) is 11.4. The van der Waals surface area contributed by atoms with Gasteiger partial charge in [0.15, 0.2) is 12.4 Å². The van der Waals surface area contributed by atoms with Crippen LogP contribution in [-0.4, -0.2) is 38.3 Å². The van der Waals surface area contributed by atoms with Crippen LogP contribution >= 0.6 is 0 Å². The van der Waals surface area contributed by atoms with E-state index in [1.165, 1.54) is 16.4 Å². The molecule has 0 atom stereocenters. The van der Waals surface area contributed by atoms with Gasteiger partial charge in [0.25, 0.3) is 5.91 Å². The molecule has 4 aromatic rings. The number of carbonyl (C=O) groups is 1. The molecule has 1 aliphatic heterocycles. The number of carbonyl (C=O) groups excluding carboxylic acids is 1. The van der Waals surface area contributed by atoms with Crippen LogP contribution in [0, 0.1) is 13.8 Å². The molecule has 1 N–H and O–H groups in total. The topological polar surface area (TPSA) is 106 Å². The van der Waals surface area contributed by atoms with Crippen molar-refractivity contribution in [3.8, 4) is 17.1 Å². The van der Waals surface area contributed by atoms with Crippen molar-refractivity contribution in [2.24, 2.45) is 0 Å². The van der Waals surface area contributed by atoms with Gasteiger partial charge in [-0.15, -0.1) is 0 Å². The summed E-state index contributed by atoms with van der Waals surface area (Å²) < 4.78 is 39.1. The molecule has 0 spiro atoms. The van der Waals surface area contributed by atoms with Gasteiger partial charge >= 0.3 is 0 Å². The number of anilines is 1. The lowest BCUT2D eigenvalue weighted by atomic mass is 9.86. The highest BCUT2D eigenvalue weighted by Gasteiger charge is 2.27. The molecule has 1 fully saturated rings. The number of hydrogen-bond donors (Lipinski definition) is 1. The Labute approximate surface area is 246 Å². The van der Waals surface area contributed by atoms with E-state index in [9.17, 15) is 18.0 Å². The van der Waals surface area contributed by atoms with Crippen LogP contribution in [-0.2, 0) is 20.2 Å². The number of aryl methyl sites for hydroxylation is 2. The number of nitrogens with one attached hydrogen (secondary N) is 1. The Morgan fingerprint density at radius 1 is 0.952 bits per heavy atom. The molecule has 9 heteroatoms. The van der Waals surface area contributed by atoms with E-state index in [4.69, 9.17) is 9.15 Å². The first-order valence-electron chi connectivity index (χ1n) is 14.1. The first kappa shape index (κ1) is 29.5. The number of fused-ring (bicyclic) bond motifs is 1. The molecule has 5 rings (SSSR count). The van der Waals surface area contributed by atoms with E-state index in [1.54, 1.807) is 18.2 Å². The lowest BCUT2D eigenvalue weighted by Crippen LogP contribution is -2.27. The van der Waals surface area contributed by atoms with Crippen molar-refractivity contribution < 1.29 is 22.4 Å². The van der Waals surface area contributed by atoms with E-state index < -0.39 is 22.5 Å². The molecule has 0 radical (unpaired) electrons. The average Bonchev–Trinajstić information content (AvgIpc) is 3.50. The zero-order valence-electron chi connectivity index (χ0n) is 24.6. The van der Waals surface area contributed by atoms with Crippen molar-refractivity contribution >= 4 is 32.6 Å². The van der Waals surface area contributed by atoms with Crippen molar-refractivity contribution in [1.29, 1.82) is 0 Å². The Kier molecular flexibility index (Phi) is 8.00. The Morgan fingerprint density at radius 2 is 1.57 bits per heavy atom. The third kappa shape index (κ3) is 5.98. The van der Waals surface area contributed by atoms with Gasteiger partial charge in [0.2, 0.25) is 21.2 Å². The molecular formula is C33H36N2O6S. The summed E-state index contributed by atoms with van der Waals surface area (Å²) in [6, 6.07) is 17.4. The normalized spacial score (nSPS) is 14.3. The van der Waals surface area contributed by atoms with E-state index in [0.29, 0.717) is 35.3 Å². The summed E-state index contributed by atoms with van der Waals surface area (Å²) in [4.78, 5) is 26.7. The van der Waals surface area contributed by atoms with E-state index in [0.717, 1.165) is 29.5 Å². The molecule has 0 saturated carbocycles. The van der Waals surface area contributed by atoms with Gasteiger partial charge in [-0.25, -0.2) is 8.42 Å². The van der Waals surface area contributed by atoms with Gasteiger partial charge in [-0.05, 0) is 85.2 Å². The number of hydrogen-bond acceptors (Lipinski definition) is 6. The van der Waals surface area contributed by atoms with Crippen LogP contribution in [0.3, 0.4) is 0 Å². The molecule has 1 aromatic heterocycles. The molecule has 0 aliphatic carbocycles. The van der Waals surface area contributed by atoms with Crippen molar-refractivity contribution in [3.05, 3.63) is 87.6 Å². The number of benzene rings is 3. The van der Waals surface area contributed by atoms with Crippen molar-refractivity contribution in [3.63, 3.8) is 0 Å². The third-order valence-corrected chi connectivity index (χ3v) is 9.58. The largest absolute Gasteiger partial charge is 0.476 e. The highest BCUT2D eigenvalue weighted by Crippen LogP contribution is 2.33. The minimum Gasteiger partial charge on any atom is -0.476 e. The second-order valence-corrected chi connectivity index (χ2v) is 13.8. The summed E-state index contributed by atoms with van der Waals surface area (Å²) in [5.41, 5.74) is 4.16. The van der Waals surface area contributed by atoms with Crippen LogP contribution in [0.2, 0.25) is 0 Å². The van der Waals surface area contributed by atoms with Crippen LogP contribution in [0.15, 0.2) is 74.8 Å². The fraction of sp³-hybridized carbons (Fsp3) is 0.333. The highest BCUT2D eigenvalue weighted by molar-refractivity contribution is 7.89. The maximum atomic E-state index is 13.6. The predicted molar refractivity (Wildman–Crippen MR) is 165 cm³/mol. The fourth-order valence-corrected chi connectivity index (χ4v) is 6.52. The maximum Gasteiger partial charge on any atom is 0.262 e. The molecule has 0 unspecified atom stereocenters. The Hall–Kier alpha value is -3.95. The van der Waals surface area contributed by atoms with E-state index >= 15 is 0 Å².